The predicted octanol–water partition coefficient (Wildman–Crippen LogP) is 1.35. The minimum absolute atomic E-state index is 0.0695. The monoisotopic (exact) mass is 266 g/mol. The van der Waals surface area contributed by atoms with E-state index in [1.165, 1.54) is 0 Å². The highest BCUT2D eigenvalue weighted by Gasteiger charge is 2.30. The van der Waals surface area contributed by atoms with Crippen LogP contribution in [0.25, 0.3) is 0 Å². The van der Waals surface area contributed by atoms with Crippen molar-refractivity contribution in [2.24, 2.45) is 5.73 Å². The Hall–Kier alpha value is -1.04. The number of carbonyl (C=O) groups is 1. The van der Waals surface area contributed by atoms with Gasteiger partial charge in [0.1, 0.15) is 0 Å². The highest BCUT2D eigenvalue weighted by molar-refractivity contribution is 8.00. The van der Waals surface area contributed by atoms with Crippen molar-refractivity contribution in [3.8, 4) is 0 Å². The molecule has 4 nitrogen and oxygen atoms in total. The first-order chi connectivity index (χ1) is 8.67. The fraction of sp³-hybridized carbons (Fsp3) is 0.462. The van der Waals surface area contributed by atoms with E-state index < -0.39 is 0 Å². The van der Waals surface area contributed by atoms with Gasteiger partial charge in [-0.2, -0.15) is 0 Å². The van der Waals surface area contributed by atoms with Gasteiger partial charge in [-0.25, -0.2) is 0 Å². The smallest absolute Gasteiger partial charge is 0.240 e. The minimum Gasteiger partial charge on any atom is -0.396 e. The summed E-state index contributed by atoms with van der Waals surface area (Å²) < 4.78 is 0. The molecule has 0 saturated heterocycles. The molecule has 1 aliphatic rings. The first-order valence-electron chi connectivity index (χ1n) is 6.09. The lowest BCUT2D eigenvalue weighted by Gasteiger charge is -2.32. The molecule has 0 radical (unpaired) electrons. The average Bonchev–Trinajstić information content (AvgIpc) is 2.39. The van der Waals surface area contributed by atoms with Crippen molar-refractivity contribution in [1.82, 2.24) is 0 Å². The Bertz CT molecular complexity index is 451. The number of anilines is 1. The molecular weight excluding hydrogens is 248 g/mol. The summed E-state index contributed by atoms with van der Waals surface area (Å²) in [4.78, 5) is 15.1. The van der Waals surface area contributed by atoms with Crippen LogP contribution < -0.4 is 10.6 Å². The Labute approximate surface area is 111 Å². The Morgan fingerprint density at radius 1 is 1.50 bits per heavy atom. The number of nitrogens with two attached hydrogens (primary N) is 1. The standard InChI is InChI=1S/C13H18N2O2S/c1-9-13(17)15(5-2-6-16)11-7-10(8-14)3-4-12(11)18-9/h3-4,7,9,16H,2,5-6,8,14H2,1H3. The highest BCUT2D eigenvalue weighted by atomic mass is 32.2. The van der Waals surface area contributed by atoms with Gasteiger partial charge in [0.25, 0.3) is 0 Å². The zero-order valence-electron chi connectivity index (χ0n) is 10.4. The summed E-state index contributed by atoms with van der Waals surface area (Å²) in [5.41, 5.74) is 7.59. The third-order valence-corrected chi connectivity index (χ3v) is 4.16. The zero-order valence-corrected chi connectivity index (χ0v) is 11.2. The summed E-state index contributed by atoms with van der Waals surface area (Å²) in [5, 5.41) is 8.87. The van der Waals surface area contributed by atoms with E-state index in [0.29, 0.717) is 19.5 Å². The molecule has 1 unspecified atom stereocenters. The van der Waals surface area contributed by atoms with Crippen LogP contribution in [0.4, 0.5) is 5.69 Å². The summed E-state index contributed by atoms with van der Waals surface area (Å²) in [7, 11) is 0. The molecule has 0 spiro atoms. The summed E-state index contributed by atoms with van der Waals surface area (Å²) in [6, 6.07) is 6.00. The molecular formula is C13H18N2O2S. The first kappa shape index (κ1) is 13.4. The van der Waals surface area contributed by atoms with E-state index in [-0.39, 0.29) is 17.8 Å². The number of carbonyl (C=O) groups excluding carboxylic acids is 1. The van der Waals surface area contributed by atoms with Crippen LogP contribution in [0.15, 0.2) is 23.1 Å². The largest absolute Gasteiger partial charge is 0.396 e. The van der Waals surface area contributed by atoms with Gasteiger partial charge in [0.05, 0.1) is 10.9 Å². The topological polar surface area (TPSA) is 66.6 Å². The molecule has 5 heteroatoms. The summed E-state index contributed by atoms with van der Waals surface area (Å²) >= 11 is 1.58. The van der Waals surface area contributed by atoms with Crippen LogP contribution in [0.5, 0.6) is 0 Å². The van der Waals surface area contributed by atoms with Crippen molar-refractivity contribution >= 4 is 23.4 Å². The number of rotatable bonds is 4. The lowest BCUT2D eigenvalue weighted by molar-refractivity contribution is -0.118. The third kappa shape index (κ3) is 2.53. The van der Waals surface area contributed by atoms with E-state index in [0.717, 1.165) is 16.1 Å². The van der Waals surface area contributed by atoms with Crippen LogP contribution in [0, 0.1) is 0 Å². The lowest BCUT2D eigenvalue weighted by Crippen LogP contribution is -2.40. The van der Waals surface area contributed by atoms with Crippen molar-refractivity contribution in [2.75, 3.05) is 18.1 Å². The summed E-state index contributed by atoms with van der Waals surface area (Å²) in [6.07, 6.45) is 0.593. The van der Waals surface area contributed by atoms with Gasteiger partial charge in [-0.1, -0.05) is 6.07 Å². The quantitative estimate of drug-likeness (QED) is 0.863. The van der Waals surface area contributed by atoms with E-state index in [4.69, 9.17) is 10.8 Å². The molecule has 1 atom stereocenters. The summed E-state index contributed by atoms with van der Waals surface area (Å²) in [5.74, 6) is 0.107. The normalized spacial score (nSPS) is 18.9. The van der Waals surface area contributed by atoms with Crippen molar-refractivity contribution in [3.63, 3.8) is 0 Å². The molecule has 0 aromatic heterocycles. The Balaban J connectivity index is 2.36. The van der Waals surface area contributed by atoms with Gasteiger partial charge in [0, 0.05) is 24.6 Å². The number of fused-ring (bicyclic) bond motifs is 1. The van der Waals surface area contributed by atoms with Crippen LogP contribution >= 0.6 is 11.8 Å². The second-order valence-corrected chi connectivity index (χ2v) is 5.72. The maximum absolute atomic E-state index is 12.2. The molecule has 1 aromatic rings. The fourth-order valence-electron chi connectivity index (χ4n) is 2.04. The van der Waals surface area contributed by atoms with Gasteiger partial charge in [0.15, 0.2) is 0 Å². The van der Waals surface area contributed by atoms with Gasteiger partial charge >= 0.3 is 0 Å². The van der Waals surface area contributed by atoms with Crippen LogP contribution in [0.2, 0.25) is 0 Å². The number of hydrogen-bond donors (Lipinski definition) is 2. The van der Waals surface area contributed by atoms with E-state index in [1.807, 2.05) is 25.1 Å². The van der Waals surface area contributed by atoms with E-state index in [2.05, 4.69) is 0 Å². The maximum atomic E-state index is 12.2. The van der Waals surface area contributed by atoms with Crippen LogP contribution in [0.1, 0.15) is 18.9 Å². The number of thioether (sulfide) groups is 1. The van der Waals surface area contributed by atoms with Crippen molar-refractivity contribution < 1.29 is 9.90 Å². The second-order valence-electron chi connectivity index (χ2n) is 4.33. The van der Waals surface area contributed by atoms with Gasteiger partial charge in [-0.05, 0) is 31.0 Å². The van der Waals surface area contributed by atoms with Crippen molar-refractivity contribution in [3.05, 3.63) is 23.8 Å². The average molecular weight is 266 g/mol. The van der Waals surface area contributed by atoms with Crippen LogP contribution in [0.3, 0.4) is 0 Å². The lowest BCUT2D eigenvalue weighted by atomic mass is 10.1. The number of nitrogens with zero attached hydrogens (tertiary/aromatic N) is 1. The van der Waals surface area contributed by atoms with E-state index >= 15 is 0 Å². The molecule has 3 N–H and O–H groups in total. The van der Waals surface area contributed by atoms with Crippen LogP contribution in [-0.2, 0) is 11.3 Å². The maximum Gasteiger partial charge on any atom is 0.240 e. The van der Waals surface area contributed by atoms with Gasteiger partial charge in [-0.15, -0.1) is 11.8 Å². The van der Waals surface area contributed by atoms with E-state index in [1.54, 1.807) is 16.7 Å². The number of aliphatic hydroxyl groups is 1. The molecule has 1 aliphatic heterocycles. The Kier molecular flexibility index (Phi) is 4.27. The second kappa shape index (κ2) is 5.73. The molecule has 18 heavy (non-hydrogen) atoms. The van der Waals surface area contributed by atoms with Gasteiger partial charge < -0.3 is 15.7 Å². The van der Waals surface area contributed by atoms with Crippen molar-refractivity contribution in [2.45, 2.75) is 30.0 Å². The molecule has 98 valence electrons. The number of hydrogen-bond acceptors (Lipinski definition) is 4. The van der Waals surface area contributed by atoms with Crippen molar-refractivity contribution in [1.29, 1.82) is 0 Å². The molecule has 0 saturated carbocycles. The van der Waals surface area contributed by atoms with Gasteiger partial charge in [-0.3, -0.25) is 4.79 Å². The molecule has 0 fully saturated rings. The fourth-order valence-corrected chi connectivity index (χ4v) is 3.08. The Morgan fingerprint density at radius 2 is 2.28 bits per heavy atom. The summed E-state index contributed by atoms with van der Waals surface area (Å²) in [6.45, 7) is 3.03. The SMILES string of the molecule is CC1Sc2ccc(CN)cc2N(CCCO)C1=O. The van der Waals surface area contributed by atoms with Crippen LogP contribution in [-0.4, -0.2) is 29.4 Å². The third-order valence-electron chi connectivity index (χ3n) is 3.01. The van der Waals surface area contributed by atoms with E-state index in [9.17, 15) is 4.79 Å². The molecule has 1 heterocycles. The molecule has 1 aromatic carbocycles. The Morgan fingerprint density at radius 3 is 2.94 bits per heavy atom. The predicted molar refractivity (Wildman–Crippen MR) is 73.7 cm³/mol. The molecule has 0 aliphatic carbocycles. The minimum atomic E-state index is -0.0695. The number of aliphatic hydroxyl groups excluding tert-OH is 1. The number of benzene rings is 1. The molecule has 1 amide bonds. The molecule has 2 rings (SSSR count). The number of amides is 1. The molecule has 0 bridgehead atoms. The highest BCUT2D eigenvalue weighted by Crippen LogP contribution is 2.39. The first-order valence-corrected chi connectivity index (χ1v) is 6.97. The zero-order chi connectivity index (χ0) is 13.1. The van der Waals surface area contributed by atoms with Gasteiger partial charge in [0.2, 0.25) is 5.91 Å².